The van der Waals surface area contributed by atoms with Crippen LogP contribution in [0.4, 0.5) is 5.69 Å². The number of hydrogen-bond donors (Lipinski definition) is 1. The molecule has 1 aliphatic heterocycles. The molecule has 0 fully saturated rings. The Balaban J connectivity index is 1.48. The van der Waals surface area contributed by atoms with Gasteiger partial charge in [-0.3, -0.25) is 9.10 Å². The van der Waals surface area contributed by atoms with Crippen molar-refractivity contribution in [2.75, 3.05) is 24.0 Å². The van der Waals surface area contributed by atoms with Crippen LogP contribution in [0.25, 0.3) is 0 Å². The van der Waals surface area contributed by atoms with Gasteiger partial charge >= 0.3 is 0 Å². The highest BCUT2D eigenvalue weighted by atomic mass is 79.9. The lowest BCUT2D eigenvalue weighted by molar-refractivity contribution is -0.120. The van der Waals surface area contributed by atoms with Crippen LogP contribution in [0.2, 0.25) is 0 Å². The molecule has 1 unspecified atom stereocenters. The van der Waals surface area contributed by atoms with Crippen LogP contribution >= 0.6 is 15.9 Å². The molecule has 1 aliphatic rings. The lowest BCUT2D eigenvalue weighted by Crippen LogP contribution is -2.45. The summed E-state index contributed by atoms with van der Waals surface area (Å²) in [6, 6.07) is 22.1. The van der Waals surface area contributed by atoms with Crippen molar-refractivity contribution in [2.45, 2.75) is 11.0 Å². The standard InChI is InChI=1S/C23H21BrN2O5S/c24-17-7-6-8-18(13-17)26(32(28,29)20-9-2-1-3-10-20)15-23(27)25-14-19-16-30-21-11-4-5-12-22(21)31-19/h1-13,19H,14-16H2,(H,25,27). The maximum absolute atomic E-state index is 13.3. The fourth-order valence-electron chi connectivity index (χ4n) is 3.24. The third-order valence-corrected chi connectivity index (χ3v) is 7.09. The van der Waals surface area contributed by atoms with E-state index in [2.05, 4.69) is 21.2 Å². The fourth-order valence-corrected chi connectivity index (χ4v) is 5.06. The molecule has 1 amide bonds. The predicted octanol–water partition coefficient (Wildman–Crippen LogP) is 3.60. The van der Waals surface area contributed by atoms with Crippen molar-refractivity contribution in [3.63, 3.8) is 0 Å². The van der Waals surface area contributed by atoms with E-state index in [-0.39, 0.29) is 30.7 Å². The predicted molar refractivity (Wildman–Crippen MR) is 124 cm³/mol. The van der Waals surface area contributed by atoms with Crippen molar-refractivity contribution in [1.29, 1.82) is 0 Å². The van der Waals surface area contributed by atoms with Crippen molar-refractivity contribution in [3.8, 4) is 11.5 Å². The van der Waals surface area contributed by atoms with Crippen LogP contribution in [-0.2, 0) is 14.8 Å². The number of nitrogens with one attached hydrogen (secondary N) is 1. The van der Waals surface area contributed by atoms with Gasteiger partial charge in [-0.15, -0.1) is 0 Å². The molecule has 1 atom stereocenters. The molecule has 0 spiro atoms. The molecule has 0 radical (unpaired) electrons. The van der Waals surface area contributed by atoms with E-state index in [0.717, 1.165) is 4.31 Å². The molecule has 3 aromatic rings. The number of fused-ring (bicyclic) bond motifs is 1. The first-order valence-electron chi connectivity index (χ1n) is 9.92. The van der Waals surface area contributed by atoms with E-state index in [0.29, 0.717) is 21.7 Å². The van der Waals surface area contributed by atoms with Gasteiger partial charge in [0.1, 0.15) is 19.3 Å². The number of amides is 1. The Bertz CT molecular complexity index is 1200. The Morgan fingerprint density at radius 1 is 1.00 bits per heavy atom. The van der Waals surface area contributed by atoms with Gasteiger partial charge in [-0.25, -0.2) is 8.42 Å². The SMILES string of the molecule is O=C(CN(c1cccc(Br)c1)S(=O)(=O)c1ccccc1)NCC1COc2ccccc2O1. The van der Waals surface area contributed by atoms with Gasteiger partial charge in [0.05, 0.1) is 17.1 Å². The molecular weight excluding hydrogens is 496 g/mol. The average molecular weight is 517 g/mol. The van der Waals surface area contributed by atoms with Crippen molar-refractivity contribution >= 4 is 37.5 Å². The highest BCUT2D eigenvalue weighted by Gasteiger charge is 2.28. The Kier molecular flexibility index (Phi) is 6.66. The quantitative estimate of drug-likeness (QED) is 0.518. The van der Waals surface area contributed by atoms with Gasteiger partial charge in [0, 0.05) is 4.47 Å². The monoisotopic (exact) mass is 516 g/mol. The van der Waals surface area contributed by atoms with E-state index < -0.39 is 15.9 Å². The maximum Gasteiger partial charge on any atom is 0.264 e. The third-order valence-electron chi connectivity index (χ3n) is 4.81. The number of carbonyl (C=O) groups is 1. The lowest BCUT2D eigenvalue weighted by Gasteiger charge is -2.27. The van der Waals surface area contributed by atoms with E-state index >= 15 is 0 Å². The molecule has 0 saturated heterocycles. The zero-order valence-electron chi connectivity index (χ0n) is 17.0. The minimum Gasteiger partial charge on any atom is -0.486 e. The maximum atomic E-state index is 13.3. The van der Waals surface area contributed by atoms with Crippen LogP contribution in [0, 0.1) is 0 Å². The first-order valence-corrected chi connectivity index (χ1v) is 12.2. The Morgan fingerprint density at radius 3 is 2.47 bits per heavy atom. The molecule has 166 valence electrons. The number of hydrogen-bond acceptors (Lipinski definition) is 5. The van der Waals surface area contributed by atoms with Gasteiger partial charge in [-0.05, 0) is 42.5 Å². The van der Waals surface area contributed by atoms with E-state index in [1.807, 2.05) is 18.2 Å². The number of sulfonamides is 1. The molecule has 3 aromatic carbocycles. The van der Waals surface area contributed by atoms with Crippen molar-refractivity contribution in [2.24, 2.45) is 0 Å². The molecule has 0 saturated carbocycles. The highest BCUT2D eigenvalue weighted by molar-refractivity contribution is 9.10. The summed E-state index contributed by atoms with van der Waals surface area (Å²) in [4.78, 5) is 12.9. The minimum absolute atomic E-state index is 0.105. The third kappa shape index (κ3) is 5.05. The molecule has 1 heterocycles. The Hall–Kier alpha value is -3.04. The second-order valence-corrected chi connectivity index (χ2v) is 9.88. The summed E-state index contributed by atoms with van der Waals surface area (Å²) >= 11 is 3.36. The second-order valence-electron chi connectivity index (χ2n) is 7.11. The van der Waals surface area contributed by atoms with Crippen LogP contribution in [-0.4, -0.2) is 40.1 Å². The molecule has 7 nitrogen and oxygen atoms in total. The average Bonchev–Trinajstić information content (AvgIpc) is 2.81. The second kappa shape index (κ2) is 9.62. The molecule has 4 rings (SSSR count). The summed E-state index contributed by atoms with van der Waals surface area (Å²) < 4.78 is 39.9. The Labute approximate surface area is 195 Å². The summed E-state index contributed by atoms with van der Waals surface area (Å²) in [5.74, 6) is 0.817. The van der Waals surface area contributed by atoms with Gasteiger partial charge in [0.2, 0.25) is 5.91 Å². The molecule has 32 heavy (non-hydrogen) atoms. The summed E-state index contributed by atoms with van der Waals surface area (Å²) in [7, 11) is -3.95. The minimum atomic E-state index is -3.95. The first kappa shape index (κ1) is 22.2. The van der Waals surface area contributed by atoms with Crippen LogP contribution in [0.1, 0.15) is 0 Å². The van der Waals surface area contributed by atoms with Gasteiger partial charge in [0.15, 0.2) is 11.5 Å². The summed E-state index contributed by atoms with van der Waals surface area (Å²) in [6.45, 7) is 0.0949. The first-order chi connectivity index (χ1) is 15.4. The number of para-hydroxylation sites is 2. The molecular formula is C23H21BrN2O5S. The lowest BCUT2D eigenvalue weighted by atomic mass is 10.2. The summed E-state index contributed by atoms with van der Waals surface area (Å²) in [5, 5.41) is 2.76. The largest absolute Gasteiger partial charge is 0.486 e. The number of carbonyl (C=O) groups excluding carboxylic acids is 1. The number of benzene rings is 3. The van der Waals surface area contributed by atoms with Crippen LogP contribution in [0.5, 0.6) is 11.5 Å². The number of halogens is 1. The zero-order valence-corrected chi connectivity index (χ0v) is 19.4. The van der Waals surface area contributed by atoms with E-state index in [9.17, 15) is 13.2 Å². The number of ether oxygens (including phenoxy) is 2. The van der Waals surface area contributed by atoms with E-state index in [1.54, 1.807) is 48.5 Å². The van der Waals surface area contributed by atoms with Crippen molar-refractivity contribution < 1.29 is 22.7 Å². The normalized spacial score (nSPS) is 15.1. The van der Waals surface area contributed by atoms with Crippen molar-refractivity contribution in [3.05, 3.63) is 83.3 Å². The molecule has 0 aromatic heterocycles. The van der Waals surface area contributed by atoms with Crippen LogP contribution < -0.4 is 19.1 Å². The Morgan fingerprint density at radius 2 is 1.72 bits per heavy atom. The van der Waals surface area contributed by atoms with Gasteiger partial charge < -0.3 is 14.8 Å². The van der Waals surface area contributed by atoms with Gasteiger partial charge in [-0.1, -0.05) is 52.3 Å². The number of anilines is 1. The van der Waals surface area contributed by atoms with Crippen LogP contribution in [0.15, 0.2) is 88.2 Å². The fraction of sp³-hybridized carbons (Fsp3) is 0.174. The number of rotatable bonds is 7. The molecule has 1 N–H and O–H groups in total. The summed E-state index contributed by atoms with van der Waals surface area (Å²) in [5.41, 5.74) is 0.379. The molecule has 0 bridgehead atoms. The molecule has 9 heteroatoms. The zero-order chi connectivity index (χ0) is 22.6. The van der Waals surface area contributed by atoms with Gasteiger partial charge in [-0.2, -0.15) is 0 Å². The van der Waals surface area contributed by atoms with E-state index in [4.69, 9.17) is 9.47 Å². The highest BCUT2D eigenvalue weighted by Crippen LogP contribution is 2.30. The van der Waals surface area contributed by atoms with Crippen LogP contribution in [0.3, 0.4) is 0 Å². The number of nitrogens with zero attached hydrogens (tertiary/aromatic N) is 1. The van der Waals surface area contributed by atoms with Crippen molar-refractivity contribution in [1.82, 2.24) is 5.32 Å². The topological polar surface area (TPSA) is 84.9 Å². The van der Waals surface area contributed by atoms with Gasteiger partial charge in [0.25, 0.3) is 10.0 Å². The smallest absolute Gasteiger partial charge is 0.264 e. The summed E-state index contributed by atoms with van der Waals surface area (Å²) in [6.07, 6.45) is -0.376. The molecule has 0 aliphatic carbocycles. The van der Waals surface area contributed by atoms with E-state index in [1.165, 1.54) is 12.1 Å².